The van der Waals surface area contributed by atoms with Gasteiger partial charge in [0, 0.05) is 28.4 Å². The highest BCUT2D eigenvalue weighted by Gasteiger charge is 2.42. The summed E-state index contributed by atoms with van der Waals surface area (Å²) in [5, 5.41) is 14.2. The van der Waals surface area contributed by atoms with Crippen molar-refractivity contribution in [3.8, 4) is 5.75 Å². The maximum atomic E-state index is 11.7. The molecular weight excluding hydrogens is 498 g/mol. The van der Waals surface area contributed by atoms with Crippen LogP contribution in [0, 0.1) is 0 Å². The second-order valence-corrected chi connectivity index (χ2v) is 11.8. The van der Waals surface area contributed by atoms with Crippen molar-refractivity contribution in [3.05, 3.63) is 95.1 Å². The van der Waals surface area contributed by atoms with Gasteiger partial charge >= 0.3 is 0 Å². The number of nitrogens with one attached hydrogen (secondary N) is 1. The first-order chi connectivity index (χ1) is 16.9. The van der Waals surface area contributed by atoms with E-state index in [1.807, 2.05) is 63.2 Å². The molecule has 0 fully saturated rings. The van der Waals surface area contributed by atoms with E-state index in [0.29, 0.717) is 17.9 Å². The molecule has 1 aliphatic heterocycles. The highest BCUT2D eigenvalue weighted by Crippen LogP contribution is 2.40. The third-order valence-corrected chi connectivity index (χ3v) is 7.50. The molecular formula is C28H32ClNO5S. The Morgan fingerprint density at radius 3 is 2.22 bits per heavy atom. The molecule has 192 valence electrons. The zero-order valence-electron chi connectivity index (χ0n) is 20.9. The normalized spacial score (nSPS) is 18.3. The van der Waals surface area contributed by atoms with Gasteiger partial charge in [0.1, 0.15) is 17.5 Å². The number of carbonyl (C=O) groups is 1. The van der Waals surface area contributed by atoms with E-state index in [1.165, 1.54) is 19.1 Å². The monoisotopic (exact) mass is 529 g/mol. The van der Waals surface area contributed by atoms with Crippen molar-refractivity contribution in [3.63, 3.8) is 0 Å². The molecule has 0 saturated carbocycles. The predicted octanol–water partition coefficient (Wildman–Crippen LogP) is 5.43. The van der Waals surface area contributed by atoms with Gasteiger partial charge in [-0.1, -0.05) is 49.4 Å². The number of hydrogen-bond acceptors (Lipinski definition) is 6. The van der Waals surface area contributed by atoms with E-state index in [-0.39, 0.29) is 16.7 Å². The van der Waals surface area contributed by atoms with Gasteiger partial charge in [-0.25, -0.2) is 8.42 Å². The van der Waals surface area contributed by atoms with Crippen LogP contribution >= 0.6 is 10.7 Å². The van der Waals surface area contributed by atoms with E-state index in [4.69, 9.17) is 15.4 Å². The second kappa shape index (κ2) is 11.6. The molecule has 0 spiro atoms. The summed E-state index contributed by atoms with van der Waals surface area (Å²) in [7, 11) is 1.57. The first kappa shape index (κ1) is 27.9. The van der Waals surface area contributed by atoms with Gasteiger partial charge < -0.3 is 15.2 Å². The fourth-order valence-corrected chi connectivity index (χ4v) is 4.72. The van der Waals surface area contributed by atoms with Crippen LogP contribution in [0.4, 0.5) is 0 Å². The minimum Gasteiger partial charge on any atom is -0.485 e. The molecule has 0 saturated heterocycles. The number of aliphatic hydroxyl groups excluding tert-OH is 1. The third-order valence-electron chi connectivity index (χ3n) is 6.13. The van der Waals surface area contributed by atoms with Crippen LogP contribution in [0.1, 0.15) is 60.8 Å². The van der Waals surface area contributed by atoms with Crippen molar-refractivity contribution in [1.29, 1.82) is 0 Å². The lowest BCUT2D eigenvalue weighted by molar-refractivity contribution is -0.0649. The number of aryl methyl sites for hydroxylation is 1. The fourth-order valence-electron chi connectivity index (χ4n) is 3.95. The van der Waals surface area contributed by atoms with Crippen molar-refractivity contribution < 1.29 is 23.1 Å². The van der Waals surface area contributed by atoms with Crippen molar-refractivity contribution in [2.75, 3.05) is 0 Å². The first-order valence-electron chi connectivity index (χ1n) is 11.7. The SMILES string of the molecule is CC(=O)c1ccc2c(c1)[C@@H](NCc1ccccc1)[C@H](O)C(C)(C)O2.CCc1ccc(S(=O)(=O)Cl)cc1. The topological polar surface area (TPSA) is 92.7 Å². The lowest BCUT2D eigenvalue weighted by Gasteiger charge is -2.42. The van der Waals surface area contributed by atoms with E-state index in [1.54, 1.807) is 18.2 Å². The van der Waals surface area contributed by atoms with Gasteiger partial charge in [-0.2, -0.15) is 0 Å². The highest BCUT2D eigenvalue weighted by atomic mass is 35.7. The van der Waals surface area contributed by atoms with E-state index >= 15 is 0 Å². The summed E-state index contributed by atoms with van der Waals surface area (Å²) in [6.07, 6.45) is 0.165. The van der Waals surface area contributed by atoms with Crippen LogP contribution in [-0.2, 0) is 22.0 Å². The van der Waals surface area contributed by atoms with Crippen molar-refractivity contribution in [1.82, 2.24) is 5.32 Å². The van der Waals surface area contributed by atoms with Gasteiger partial charge in [0.2, 0.25) is 0 Å². The number of ketones is 1. The Balaban J connectivity index is 0.000000253. The number of ether oxygens (including phenoxy) is 1. The Hall–Kier alpha value is -2.71. The van der Waals surface area contributed by atoms with Gasteiger partial charge in [-0.05, 0) is 68.7 Å². The fraction of sp³-hybridized carbons (Fsp3) is 0.321. The maximum Gasteiger partial charge on any atom is 0.261 e. The van der Waals surface area contributed by atoms with Gasteiger partial charge in [0.25, 0.3) is 9.05 Å². The van der Waals surface area contributed by atoms with Crippen molar-refractivity contribution >= 4 is 25.5 Å². The molecule has 8 heteroatoms. The first-order valence-corrected chi connectivity index (χ1v) is 14.1. The molecule has 4 rings (SSSR count). The summed E-state index contributed by atoms with van der Waals surface area (Å²) in [6.45, 7) is 7.91. The Bertz CT molecular complexity index is 1290. The van der Waals surface area contributed by atoms with E-state index < -0.39 is 20.8 Å². The number of carbonyl (C=O) groups excluding carboxylic acids is 1. The van der Waals surface area contributed by atoms with Gasteiger partial charge in [-0.15, -0.1) is 0 Å². The zero-order valence-corrected chi connectivity index (χ0v) is 22.4. The summed E-state index contributed by atoms with van der Waals surface area (Å²) >= 11 is 0. The molecule has 0 bridgehead atoms. The third kappa shape index (κ3) is 6.95. The minimum absolute atomic E-state index is 0.000988. The molecule has 1 aliphatic rings. The summed E-state index contributed by atoms with van der Waals surface area (Å²) in [5.74, 6) is 0.708. The van der Waals surface area contributed by atoms with Crippen LogP contribution in [0.5, 0.6) is 5.75 Å². The van der Waals surface area contributed by atoms with Crippen LogP contribution < -0.4 is 10.1 Å². The van der Waals surface area contributed by atoms with E-state index in [9.17, 15) is 18.3 Å². The number of aliphatic hydroxyl groups is 1. The van der Waals surface area contributed by atoms with Crippen LogP contribution in [0.3, 0.4) is 0 Å². The Morgan fingerprint density at radius 2 is 1.67 bits per heavy atom. The van der Waals surface area contributed by atoms with Gasteiger partial charge in [0.05, 0.1) is 10.9 Å². The Kier molecular flexibility index (Phi) is 8.95. The standard InChI is InChI=1S/C20H23NO3.C8H9ClO2S/c1-13(22)15-9-10-17-16(11-15)18(19(23)20(2,3)24-17)21-12-14-7-5-4-6-8-14;1-2-7-3-5-8(6-4-7)12(9,10)11/h4-11,18-19,21,23H,12H2,1-3H3;3-6H,2H2,1H3/t18-,19+;/m1./s1. The molecule has 0 aliphatic carbocycles. The summed E-state index contributed by atoms with van der Waals surface area (Å²) in [5.41, 5.74) is 2.97. The molecule has 1 heterocycles. The van der Waals surface area contributed by atoms with Crippen LogP contribution in [0.15, 0.2) is 77.7 Å². The number of hydrogen-bond donors (Lipinski definition) is 2. The number of Topliss-reactive ketones (excluding diaryl/α,β-unsaturated/α-hetero) is 1. The second-order valence-electron chi connectivity index (χ2n) is 9.24. The quantitative estimate of drug-likeness (QED) is 0.327. The van der Waals surface area contributed by atoms with Crippen molar-refractivity contribution in [2.45, 2.75) is 63.3 Å². The smallest absolute Gasteiger partial charge is 0.261 e. The lowest BCUT2D eigenvalue weighted by atomic mass is 9.85. The maximum absolute atomic E-state index is 11.7. The van der Waals surface area contributed by atoms with E-state index in [0.717, 1.165) is 23.1 Å². The van der Waals surface area contributed by atoms with Gasteiger partial charge in [-0.3, -0.25) is 4.79 Å². The molecule has 3 aromatic rings. The largest absolute Gasteiger partial charge is 0.485 e. The molecule has 0 amide bonds. The number of fused-ring (bicyclic) bond motifs is 1. The average Bonchev–Trinajstić information content (AvgIpc) is 2.84. The molecule has 2 atom stereocenters. The van der Waals surface area contributed by atoms with Gasteiger partial charge in [0.15, 0.2) is 5.78 Å². The number of halogens is 1. The summed E-state index contributed by atoms with van der Waals surface area (Å²) < 4.78 is 27.5. The average molecular weight is 530 g/mol. The zero-order chi connectivity index (χ0) is 26.5. The number of rotatable bonds is 6. The number of benzene rings is 3. The molecule has 0 unspecified atom stereocenters. The van der Waals surface area contributed by atoms with Crippen molar-refractivity contribution in [2.24, 2.45) is 0 Å². The highest BCUT2D eigenvalue weighted by molar-refractivity contribution is 8.13. The summed E-state index contributed by atoms with van der Waals surface area (Å²) in [4.78, 5) is 11.9. The molecule has 3 aromatic carbocycles. The summed E-state index contributed by atoms with van der Waals surface area (Å²) in [6, 6.07) is 21.7. The Morgan fingerprint density at radius 1 is 1.03 bits per heavy atom. The molecule has 0 radical (unpaired) electrons. The minimum atomic E-state index is -3.56. The predicted molar refractivity (Wildman–Crippen MR) is 142 cm³/mol. The lowest BCUT2D eigenvalue weighted by Crippen LogP contribution is -2.52. The molecule has 0 aromatic heterocycles. The van der Waals surface area contributed by atoms with Crippen LogP contribution in [0.2, 0.25) is 0 Å². The van der Waals surface area contributed by atoms with E-state index in [2.05, 4.69) is 5.32 Å². The molecule has 2 N–H and O–H groups in total. The molecule has 6 nitrogen and oxygen atoms in total. The van der Waals surface area contributed by atoms with Crippen LogP contribution in [-0.4, -0.2) is 31.0 Å². The Labute approximate surface area is 217 Å². The molecule has 36 heavy (non-hydrogen) atoms. The van der Waals surface area contributed by atoms with Crippen LogP contribution in [0.25, 0.3) is 0 Å².